The summed E-state index contributed by atoms with van der Waals surface area (Å²) in [6.07, 6.45) is 2.10. The van der Waals surface area contributed by atoms with Gasteiger partial charge in [0.2, 0.25) is 0 Å². The minimum Gasteiger partial charge on any atom is -0.496 e. The second-order valence-corrected chi connectivity index (χ2v) is 11.2. The number of aromatic amines is 1. The van der Waals surface area contributed by atoms with Crippen LogP contribution in [0, 0.1) is 36.5 Å². The first-order valence-corrected chi connectivity index (χ1v) is 13.3. The standard InChI is InChI=1S/C30H39N5O3/c1-19-15-26(38-6)24(28(36)33-19)16-32-29(37)27-21(3)35(25-10-8-7-9-23(25)27)20(2)22-11-13-34(14-12-22)18-30(4,5)17-31/h7-10,15,20,22H,11-14,16,18H2,1-6H3,(H,32,37)(H,33,36)/t20-/m1/s1. The van der Waals surface area contributed by atoms with E-state index >= 15 is 0 Å². The van der Waals surface area contributed by atoms with Gasteiger partial charge < -0.3 is 24.5 Å². The molecule has 2 aromatic heterocycles. The maximum absolute atomic E-state index is 13.5. The largest absolute Gasteiger partial charge is 0.496 e. The van der Waals surface area contributed by atoms with Gasteiger partial charge in [-0.3, -0.25) is 9.59 Å². The van der Waals surface area contributed by atoms with Crippen molar-refractivity contribution in [1.82, 2.24) is 19.8 Å². The molecule has 1 saturated heterocycles. The van der Waals surface area contributed by atoms with Crippen molar-refractivity contribution >= 4 is 16.8 Å². The molecular formula is C30H39N5O3. The Morgan fingerprint density at radius 1 is 1.26 bits per heavy atom. The zero-order valence-electron chi connectivity index (χ0n) is 23.4. The van der Waals surface area contributed by atoms with Gasteiger partial charge in [0, 0.05) is 34.9 Å². The van der Waals surface area contributed by atoms with E-state index in [4.69, 9.17) is 4.74 Å². The van der Waals surface area contributed by atoms with E-state index in [9.17, 15) is 14.9 Å². The molecule has 4 rings (SSSR count). The quantitative estimate of drug-likeness (QED) is 0.451. The Morgan fingerprint density at radius 2 is 1.95 bits per heavy atom. The lowest BCUT2D eigenvalue weighted by Gasteiger charge is -2.38. The van der Waals surface area contributed by atoms with E-state index in [1.165, 1.54) is 7.11 Å². The normalized spacial score (nSPS) is 15.8. The van der Waals surface area contributed by atoms with Crippen LogP contribution >= 0.6 is 0 Å². The van der Waals surface area contributed by atoms with Gasteiger partial charge in [-0.2, -0.15) is 5.26 Å². The molecule has 0 unspecified atom stereocenters. The van der Waals surface area contributed by atoms with Gasteiger partial charge in [0.15, 0.2) is 0 Å². The highest BCUT2D eigenvalue weighted by molar-refractivity contribution is 6.08. The molecule has 0 spiro atoms. The van der Waals surface area contributed by atoms with Crippen LogP contribution in [0.15, 0.2) is 35.1 Å². The molecule has 1 aliphatic rings. The van der Waals surface area contributed by atoms with Crippen molar-refractivity contribution in [3.63, 3.8) is 0 Å². The van der Waals surface area contributed by atoms with Crippen molar-refractivity contribution in [2.45, 2.75) is 60.0 Å². The lowest BCUT2D eigenvalue weighted by Crippen LogP contribution is -2.41. The number of methoxy groups -OCH3 is 1. The minimum absolute atomic E-state index is 0.0730. The smallest absolute Gasteiger partial charge is 0.256 e. The zero-order chi connectivity index (χ0) is 27.6. The molecule has 0 saturated carbocycles. The van der Waals surface area contributed by atoms with Crippen molar-refractivity contribution in [3.05, 3.63) is 63.2 Å². The molecule has 0 radical (unpaired) electrons. The monoisotopic (exact) mass is 517 g/mol. The number of H-pyrrole nitrogens is 1. The SMILES string of the molecule is COc1cc(C)[nH]c(=O)c1CNC(=O)c1c(C)n([C@H](C)C2CCN(CC(C)(C)C#N)CC2)c2ccccc12. The van der Waals surface area contributed by atoms with Crippen molar-refractivity contribution in [2.75, 3.05) is 26.7 Å². The minimum atomic E-state index is -0.346. The fourth-order valence-corrected chi connectivity index (χ4v) is 5.89. The van der Waals surface area contributed by atoms with Crippen LogP contribution in [0.4, 0.5) is 0 Å². The van der Waals surface area contributed by atoms with Crippen LogP contribution in [-0.4, -0.2) is 47.1 Å². The summed E-state index contributed by atoms with van der Waals surface area (Å²) >= 11 is 0. The highest BCUT2D eigenvalue weighted by atomic mass is 16.5. The van der Waals surface area contributed by atoms with Crippen LogP contribution in [0.5, 0.6) is 5.75 Å². The summed E-state index contributed by atoms with van der Waals surface area (Å²) in [7, 11) is 1.52. The number of amides is 1. The maximum Gasteiger partial charge on any atom is 0.256 e. The second-order valence-electron chi connectivity index (χ2n) is 11.2. The molecule has 0 bridgehead atoms. The summed E-state index contributed by atoms with van der Waals surface area (Å²) < 4.78 is 7.70. The van der Waals surface area contributed by atoms with Gasteiger partial charge in [0.1, 0.15) is 5.75 Å². The lowest BCUT2D eigenvalue weighted by molar-refractivity contribution is 0.0950. The number of benzene rings is 1. The van der Waals surface area contributed by atoms with E-state index in [1.54, 1.807) is 13.0 Å². The molecule has 3 aromatic rings. The van der Waals surface area contributed by atoms with Gasteiger partial charge in [-0.25, -0.2) is 0 Å². The van der Waals surface area contributed by atoms with Crippen LogP contribution in [0.25, 0.3) is 10.9 Å². The first kappa shape index (κ1) is 27.5. The molecule has 2 N–H and O–H groups in total. The van der Waals surface area contributed by atoms with Crippen LogP contribution in [0.3, 0.4) is 0 Å². The number of pyridine rings is 1. The summed E-state index contributed by atoms with van der Waals surface area (Å²) in [4.78, 5) is 31.2. The Hall–Kier alpha value is -3.57. The van der Waals surface area contributed by atoms with Crippen molar-refractivity contribution in [2.24, 2.45) is 11.3 Å². The molecular weight excluding hydrogens is 478 g/mol. The number of nitrogens with one attached hydrogen (secondary N) is 2. The topological polar surface area (TPSA) is 103 Å². The van der Waals surface area contributed by atoms with E-state index in [1.807, 2.05) is 39.0 Å². The average molecular weight is 518 g/mol. The van der Waals surface area contributed by atoms with Gasteiger partial charge in [0.05, 0.1) is 36.3 Å². The summed E-state index contributed by atoms with van der Waals surface area (Å²) in [5, 5.41) is 13.3. The molecule has 1 aromatic carbocycles. The third-order valence-electron chi connectivity index (χ3n) is 7.90. The Morgan fingerprint density at radius 3 is 2.61 bits per heavy atom. The van der Waals surface area contributed by atoms with Gasteiger partial charge in [-0.1, -0.05) is 18.2 Å². The number of piperidine rings is 1. The number of ether oxygens (including phenoxy) is 1. The van der Waals surface area contributed by atoms with Crippen LogP contribution in [0.2, 0.25) is 0 Å². The van der Waals surface area contributed by atoms with Gasteiger partial charge in [0.25, 0.3) is 11.5 Å². The van der Waals surface area contributed by atoms with Crippen LogP contribution in [0.1, 0.15) is 67.0 Å². The van der Waals surface area contributed by atoms with Crippen LogP contribution < -0.4 is 15.6 Å². The fourth-order valence-electron chi connectivity index (χ4n) is 5.89. The maximum atomic E-state index is 13.5. The van der Waals surface area contributed by atoms with E-state index in [-0.39, 0.29) is 29.5 Å². The number of rotatable bonds is 8. The molecule has 8 nitrogen and oxygen atoms in total. The number of likely N-dealkylation sites (tertiary alicyclic amines) is 1. The van der Waals surface area contributed by atoms with Crippen LogP contribution in [-0.2, 0) is 6.54 Å². The summed E-state index contributed by atoms with van der Waals surface area (Å²) in [6.45, 7) is 12.8. The summed E-state index contributed by atoms with van der Waals surface area (Å²) in [6, 6.07) is 12.4. The molecule has 1 atom stereocenters. The summed E-state index contributed by atoms with van der Waals surface area (Å²) in [5.41, 5.74) is 3.10. The summed E-state index contributed by atoms with van der Waals surface area (Å²) in [5.74, 6) is 0.723. The Balaban J connectivity index is 1.57. The number of para-hydroxylation sites is 1. The predicted octanol–water partition coefficient (Wildman–Crippen LogP) is 4.71. The van der Waals surface area contributed by atoms with E-state index in [0.717, 1.165) is 49.1 Å². The Bertz CT molecular complexity index is 1420. The molecule has 1 amide bonds. The van der Waals surface area contributed by atoms with Crippen molar-refractivity contribution in [1.29, 1.82) is 5.26 Å². The number of nitrogens with zero attached hydrogens (tertiary/aromatic N) is 3. The number of aryl methyl sites for hydroxylation is 1. The van der Waals surface area contributed by atoms with E-state index in [0.29, 0.717) is 28.5 Å². The van der Waals surface area contributed by atoms with E-state index < -0.39 is 0 Å². The third kappa shape index (κ3) is 5.48. The number of nitriles is 1. The van der Waals surface area contributed by atoms with Gasteiger partial charge >= 0.3 is 0 Å². The first-order valence-electron chi connectivity index (χ1n) is 13.3. The van der Waals surface area contributed by atoms with Gasteiger partial charge in [-0.15, -0.1) is 0 Å². The lowest BCUT2D eigenvalue weighted by atomic mass is 9.88. The Kier molecular flexibility index (Phi) is 7.98. The number of aromatic nitrogens is 2. The fraction of sp³-hybridized carbons (Fsp3) is 0.500. The zero-order valence-corrected chi connectivity index (χ0v) is 23.4. The van der Waals surface area contributed by atoms with E-state index in [2.05, 4.69) is 38.8 Å². The first-order chi connectivity index (χ1) is 18.1. The Labute approximate surface area is 224 Å². The second kappa shape index (κ2) is 11.0. The molecule has 202 valence electrons. The number of hydrogen-bond acceptors (Lipinski definition) is 5. The average Bonchev–Trinajstić information content (AvgIpc) is 3.19. The predicted molar refractivity (Wildman–Crippen MR) is 149 cm³/mol. The highest BCUT2D eigenvalue weighted by Gasteiger charge is 2.31. The molecule has 1 aliphatic heterocycles. The third-order valence-corrected chi connectivity index (χ3v) is 7.90. The molecule has 1 fully saturated rings. The number of carbonyl (C=O) groups excluding carboxylic acids is 1. The van der Waals surface area contributed by atoms with Crippen molar-refractivity contribution < 1.29 is 9.53 Å². The number of hydrogen-bond donors (Lipinski definition) is 2. The molecule has 38 heavy (non-hydrogen) atoms. The van der Waals surface area contributed by atoms with Crippen molar-refractivity contribution in [3.8, 4) is 11.8 Å². The number of fused-ring (bicyclic) bond motifs is 1. The molecule has 3 heterocycles. The van der Waals surface area contributed by atoms with Gasteiger partial charge in [-0.05, 0) is 78.6 Å². The molecule has 0 aliphatic carbocycles. The highest BCUT2D eigenvalue weighted by Crippen LogP contribution is 2.36. The number of carbonyl (C=O) groups is 1. The molecule has 8 heteroatoms.